The number of phenolic OH excluding ortho intramolecular Hbond substituents is 1. The normalized spacial score (nSPS) is 16.4. The number of hydrogen-bond acceptors (Lipinski definition) is 3. The van der Waals surface area contributed by atoms with Crippen LogP contribution in [-0.4, -0.2) is 35.5 Å². The number of nitrogens with zero attached hydrogens (tertiary/aromatic N) is 1. The van der Waals surface area contributed by atoms with Gasteiger partial charge >= 0.3 is 0 Å². The molecule has 1 fully saturated rings. The Bertz CT molecular complexity index is 460. The van der Waals surface area contributed by atoms with E-state index in [0.29, 0.717) is 23.0 Å². The number of carbonyl (C=O) groups excluding carboxylic acids is 1. The molecule has 1 atom stereocenters. The van der Waals surface area contributed by atoms with E-state index in [0.717, 1.165) is 12.8 Å². The van der Waals surface area contributed by atoms with E-state index in [2.05, 4.69) is 0 Å². The van der Waals surface area contributed by atoms with Crippen molar-refractivity contribution in [1.82, 2.24) is 4.90 Å². The highest BCUT2D eigenvalue weighted by Crippen LogP contribution is 2.35. The topological polar surface area (TPSA) is 66.6 Å². The second kappa shape index (κ2) is 5.16. The minimum absolute atomic E-state index is 0.0341. The number of halogens is 1. The standard InChI is InChI=1S/C13H17ClN2O2/c1-16(12(7-15)8-2-3-8)13(18)10-6-9(17)4-5-11(10)14/h4-6,8,12,17H,2-3,7,15H2,1H3. The number of phenols is 1. The molecule has 0 aromatic heterocycles. The van der Waals surface area contributed by atoms with Gasteiger partial charge in [-0.15, -0.1) is 0 Å². The maximum absolute atomic E-state index is 12.3. The number of amides is 1. The van der Waals surface area contributed by atoms with Crippen molar-refractivity contribution in [2.75, 3.05) is 13.6 Å². The van der Waals surface area contributed by atoms with Crippen molar-refractivity contribution in [1.29, 1.82) is 0 Å². The average molecular weight is 269 g/mol. The van der Waals surface area contributed by atoms with Gasteiger partial charge in [-0.2, -0.15) is 0 Å². The first-order chi connectivity index (χ1) is 8.54. The van der Waals surface area contributed by atoms with Crippen LogP contribution in [0.5, 0.6) is 5.75 Å². The molecule has 3 N–H and O–H groups in total. The lowest BCUT2D eigenvalue weighted by atomic mass is 10.1. The first-order valence-corrected chi connectivity index (χ1v) is 6.38. The highest BCUT2D eigenvalue weighted by molar-refractivity contribution is 6.33. The fourth-order valence-electron chi connectivity index (χ4n) is 2.17. The molecule has 1 unspecified atom stereocenters. The largest absolute Gasteiger partial charge is 0.508 e. The molecule has 1 aromatic carbocycles. The van der Waals surface area contributed by atoms with Crippen LogP contribution in [0.15, 0.2) is 18.2 Å². The zero-order valence-electron chi connectivity index (χ0n) is 10.3. The third kappa shape index (κ3) is 2.60. The molecule has 1 saturated carbocycles. The van der Waals surface area contributed by atoms with E-state index in [9.17, 15) is 9.90 Å². The lowest BCUT2D eigenvalue weighted by Crippen LogP contribution is -2.43. The SMILES string of the molecule is CN(C(=O)c1cc(O)ccc1Cl)C(CN)C1CC1. The number of carbonyl (C=O) groups is 1. The smallest absolute Gasteiger partial charge is 0.255 e. The van der Waals surface area contributed by atoms with E-state index >= 15 is 0 Å². The van der Waals surface area contributed by atoms with E-state index in [-0.39, 0.29) is 17.7 Å². The second-order valence-electron chi connectivity index (χ2n) is 4.72. The van der Waals surface area contributed by atoms with Crippen molar-refractivity contribution in [3.05, 3.63) is 28.8 Å². The van der Waals surface area contributed by atoms with Gasteiger partial charge in [0.1, 0.15) is 5.75 Å². The molecule has 0 spiro atoms. The Morgan fingerprint density at radius 3 is 2.83 bits per heavy atom. The first kappa shape index (κ1) is 13.2. The Kier molecular flexibility index (Phi) is 3.78. The number of hydrogen-bond donors (Lipinski definition) is 2. The average Bonchev–Trinajstić information content (AvgIpc) is 3.16. The molecule has 18 heavy (non-hydrogen) atoms. The minimum atomic E-state index is -0.196. The zero-order chi connectivity index (χ0) is 13.3. The molecule has 0 heterocycles. The third-order valence-electron chi connectivity index (χ3n) is 3.41. The minimum Gasteiger partial charge on any atom is -0.508 e. The van der Waals surface area contributed by atoms with Crippen LogP contribution in [0.25, 0.3) is 0 Å². The van der Waals surface area contributed by atoms with Gasteiger partial charge in [0.25, 0.3) is 5.91 Å². The fraction of sp³-hybridized carbons (Fsp3) is 0.462. The van der Waals surface area contributed by atoms with Crippen LogP contribution in [0.2, 0.25) is 5.02 Å². The van der Waals surface area contributed by atoms with Gasteiger partial charge in [0.15, 0.2) is 0 Å². The molecular weight excluding hydrogens is 252 g/mol. The molecule has 0 radical (unpaired) electrons. The van der Waals surface area contributed by atoms with Gasteiger partial charge in [0, 0.05) is 19.6 Å². The van der Waals surface area contributed by atoms with Crippen LogP contribution in [0.3, 0.4) is 0 Å². The lowest BCUT2D eigenvalue weighted by Gasteiger charge is -2.27. The molecule has 0 saturated heterocycles. The summed E-state index contributed by atoms with van der Waals surface area (Å²) >= 11 is 5.99. The van der Waals surface area contributed by atoms with Gasteiger partial charge in [0.05, 0.1) is 10.6 Å². The number of rotatable bonds is 4. The first-order valence-electron chi connectivity index (χ1n) is 6.00. The monoisotopic (exact) mass is 268 g/mol. The summed E-state index contributed by atoms with van der Waals surface area (Å²) in [7, 11) is 1.73. The van der Waals surface area contributed by atoms with Gasteiger partial charge in [-0.05, 0) is 37.0 Å². The Morgan fingerprint density at radius 2 is 2.28 bits per heavy atom. The molecule has 98 valence electrons. The van der Waals surface area contributed by atoms with Crippen LogP contribution in [0, 0.1) is 5.92 Å². The molecule has 0 bridgehead atoms. The summed E-state index contributed by atoms with van der Waals surface area (Å²) in [5, 5.41) is 9.78. The molecular formula is C13H17ClN2O2. The Balaban J connectivity index is 2.21. The van der Waals surface area contributed by atoms with Crippen molar-refractivity contribution in [3.8, 4) is 5.75 Å². The van der Waals surface area contributed by atoms with Gasteiger partial charge in [-0.25, -0.2) is 0 Å². The fourth-order valence-corrected chi connectivity index (χ4v) is 2.36. The number of nitrogens with two attached hydrogens (primary N) is 1. The molecule has 1 aromatic rings. The van der Waals surface area contributed by atoms with Gasteiger partial charge in [-0.1, -0.05) is 11.6 Å². The molecule has 2 rings (SSSR count). The van der Waals surface area contributed by atoms with E-state index in [1.165, 1.54) is 18.2 Å². The van der Waals surface area contributed by atoms with E-state index in [4.69, 9.17) is 17.3 Å². The van der Waals surface area contributed by atoms with Crippen LogP contribution in [0.4, 0.5) is 0 Å². The highest BCUT2D eigenvalue weighted by atomic mass is 35.5. The summed E-state index contributed by atoms with van der Waals surface area (Å²) in [5.41, 5.74) is 6.04. The van der Waals surface area contributed by atoms with Crippen molar-refractivity contribution < 1.29 is 9.90 Å². The summed E-state index contributed by atoms with van der Waals surface area (Å²) in [6.07, 6.45) is 2.24. The van der Waals surface area contributed by atoms with E-state index in [1.807, 2.05) is 0 Å². The van der Waals surface area contributed by atoms with Gasteiger partial charge < -0.3 is 15.7 Å². The predicted molar refractivity (Wildman–Crippen MR) is 70.8 cm³/mol. The van der Waals surface area contributed by atoms with Crippen molar-refractivity contribution in [2.24, 2.45) is 11.7 Å². The number of likely N-dealkylation sites (N-methyl/N-ethyl adjacent to an activating group) is 1. The van der Waals surface area contributed by atoms with Crippen molar-refractivity contribution in [3.63, 3.8) is 0 Å². The Hall–Kier alpha value is -1.26. The number of benzene rings is 1. The Labute approximate surface area is 111 Å². The summed E-state index contributed by atoms with van der Waals surface area (Å²) < 4.78 is 0. The quantitative estimate of drug-likeness (QED) is 0.876. The number of aromatic hydroxyl groups is 1. The van der Waals surface area contributed by atoms with Crippen LogP contribution >= 0.6 is 11.6 Å². The Morgan fingerprint density at radius 1 is 1.61 bits per heavy atom. The van der Waals surface area contributed by atoms with Crippen LogP contribution in [0.1, 0.15) is 23.2 Å². The highest BCUT2D eigenvalue weighted by Gasteiger charge is 2.35. The molecule has 4 nitrogen and oxygen atoms in total. The van der Waals surface area contributed by atoms with E-state index < -0.39 is 0 Å². The molecule has 1 aliphatic carbocycles. The zero-order valence-corrected chi connectivity index (χ0v) is 11.0. The molecule has 5 heteroatoms. The summed E-state index contributed by atoms with van der Waals surface area (Å²) in [5.74, 6) is 0.338. The predicted octanol–water partition coefficient (Wildman–Crippen LogP) is 1.85. The van der Waals surface area contributed by atoms with Crippen LogP contribution in [-0.2, 0) is 0 Å². The lowest BCUT2D eigenvalue weighted by molar-refractivity contribution is 0.0718. The van der Waals surface area contributed by atoms with Gasteiger partial charge in [-0.3, -0.25) is 4.79 Å². The van der Waals surface area contributed by atoms with Gasteiger partial charge in [0.2, 0.25) is 0 Å². The summed E-state index contributed by atoms with van der Waals surface area (Å²) in [4.78, 5) is 14.0. The third-order valence-corrected chi connectivity index (χ3v) is 3.74. The summed E-state index contributed by atoms with van der Waals surface area (Å²) in [6.45, 7) is 0.448. The van der Waals surface area contributed by atoms with Crippen LogP contribution < -0.4 is 5.73 Å². The second-order valence-corrected chi connectivity index (χ2v) is 5.13. The maximum Gasteiger partial charge on any atom is 0.255 e. The molecule has 1 aliphatic rings. The molecule has 0 aliphatic heterocycles. The summed E-state index contributed by atoms with van der Waals surface area (Å²) in [6, 6.07) is 4.42. The van der Waals surface area contributed by atoms with E-state index in [1.54, 1.807) is 11.9 Å². The maximum atomic E-state index is 12.3. The molecule has 1 amide bonds. The van der Waals surface area contributed by atoms with Crippen molar-refractivity contribution in [2.45, 2.75) is 18.9 Å². The van der Waals surface area contributed by atoms with Crippen molar-refractivity contribution >= 4 is 17.5 Å².